The predicted octanol–water partition coefficient (Wildman–Crippen LogP) is 2.76. The second-order valence-corrected chi connectivity index (χ2v) is 5.60. The van der Waals surface area contributed by atoms with E-state index in [0.717, 1.165) is 43.2 Å². The average molecular weight is 314 g/mol. The Labute approximate surface area is 132 Å². The topological polar surface area (TPSA) is 58.4 Å². The fourth-order valence-electron chi connectivity index (χ4n) is 2.92. The van der Waals surface area contributed by atoms with Crippen LogP contribution in [0.25, 0.3) is 0 Å². The smallest absolute Gasteiger partial charge is 0.272 e. The van der Waals surface area contributed by atoms with Gasteiger partial charge in [-0.05, 0) is 57.9 Å². The standard InChI is InChI=1S/C15H23N3O2.ClH/c1-12-14(4-3-5-15(12)18(19)20)11-17-8-6-13(7-9-17)10-16-2;/h3-5,13,16H,6-11H2,1-2H3;1H. The predicted molar refractivity (Wildman–Crippen MR) is 87.0 cm³/mol. The van der Waals surface area contributed by atoms with Crippen molar-refractivity contribution in [1.82, 2.24) is 10.2 Å². The van der Waals surface area contributed by atoms with Gasteiger partial charge in [0, 0.05) is 18.2 Å². The number of rotatable bonds is 5. The highest BCUT2D eigenvalue weighted by molar-refractivity contribution is 5.85. The van der Waals surface area contributed by atoms with Crippen LogP contribution in [0.5, 0.6) is 0 Å². The molecule has 118 valence electrons. The highest BCUT2D eigenvalue weighted by atomic mass is 35.5. The van der Waals surface area contributed by atoms with Crippen LogP contribution < -0.4 is 5.32 Å². The molecule has 0 spiro atoms. The van der Waals surface area contributed by atoms with Gasteiger partial charge in [0.1, 0.15) is 0 Å². The molecule has 1 saturated heterocycles. The Morgan fingerprint density at radius 2 is 2.05 bits per heavy atom. The zero-order valence-electron chi connectivity index (χ0n) is 12.7. The van der Waals surface area contributed by atoms with Gasteiger partial charge in [-0.25, -0.2) is 0 Å². The summed E-state index contributed by atoms with van der Waals surface area (Å²) in [6.45, 7) is 5.91. The van der Waals surface area contributed by atoms with Gasteiger partial charge < -0.3 is 5.32 Å². The highest BCUT2D eigenvalue weighted by Gasteiger charge is 2.20. The minimum Gasteiger partial charge on any atom is -0.319 e. The van der Waals surface area contributed by atoms with Crippen LogP contribution in [-0.2, 0) is 6.54 Å². The summed E-state index contributed by atoms with van der Waals surface area (Å²) < 4.78 is 0. The van der Waals surface area contributed by atoms with E-state index in [4.69, 9.17) is 0 Å². The monoisotopic (exact) mass is 313 g/mol. The molecule has 21 heavy (non-hydrogen) atoms. The summed E-state index contributed by atoms with van der Waals surface area (Å²) in [6, 6.07) is 5.37. The number of benzene rings is 1. The van der Waals surface area contributed by atoms with Crippen LogP contribution in [0.15, 0.2) is 18.2 Å². The number of piperidine rings is 1. The van der Waals surface area contributed by atoms with E-state index in [9.17, 15) is 10.1 Å². The van der Waals surface area contributed by atoms with Crippen LogP contribution in [0.2, 0.25) is 0 Å². The van der Waals surface area contributed by atoms with Gasteiger partial charge in [0.05, 0.1) is 4.92 Å². The van der Waals surface area contributed by atoms with Crippen LogP contribution >= 0.6 is 12.4 Å². The van der Waals surface area contributed by atoms with Crippen LogP contribution in [-0.4, -0.2) is 36.5 Å². The first kappa shape index (κ1) is 17.9. The number of halogens is 1. The quantitative estimate of drug-likeness (QED) is 0.671. The molecule has 0 saturated carbocycles. The Hall–Kier alpha value is -1.17. The third-order valence-corrected chi connectivity index (χ3v) is 4.21. The van der Waals surface area contributed by atoms with Gasteiger partial charge in [0.15, 0.2) is 0 Å². The lowest BCUT2D eigenvalue weighted by molar-refractivity contribution is -0.385. The maximum Gasteiger partial charge on any atom is 0.272 e. The minimum atomic E-state index is -0.294. The van der Waals surface area contributed by atoms with Crippen molar-refractivity contribution in [1.29, 1.82) is 0 Å². The Balaban J connectivity index is 0.00000220. The summed E-state index contributed by atoms with van der Waals surface area (Å²) in [5, 5.41) is 14.2. The molecular weight excluding hydrogens is 290 g/mol. The number of nitrogens with one attached hydrogen (secondary N) is 1. The lowest BCUT2D eigenvalue weighted by atomic mass is 9.96. The molecule has 0 aromatic heterocycles. The number of likely N-dealkylation sites (tertiary alicyclic amines) is 1. The third-order valence-electron chi connectivity index (χ3n) is 4.21. The van der Waals surface area contributed by atoms with Crippen molar-refractivity contribution in [2.45, 2.75) is 26.3 Å². The van der Waals surface area contributed by atoms with Crippen molar-refractivity contribution in [2.75, 3.05) is 26.7 Å². The molecule has 0 bridgehead atoms. The van der Waals surface area contributed by atoms with Gasteiger partial charge in [-0.3, -0.25) is 15.0 Å². The normalized spacial score (nSPS) is 16.5. The van der Waals surface area contributed by atoms with E-state index in [1.807, 2.05) is 20.0 Å². The maximum absolute atomic E-state index is 11.0. The fraction of sp³-hybridized carbons (Fsp3) is 0.600. The van der Waals surface area contributed by atoms with Crippen LogP contribution in [0, 0.1) is 23.0 Å². The number of hydrogen-bond donors (Lipinski definition) is 1. The van der Waals surface area contributed by atoms with Gasteiger partial charge in [-0.2, -0.15) is 0 Å². The summed E-state index contributed by atoms with van der Waals surface area (Å²) >= 11 is 0. The summed E-state index contributed by atoms with van der Waals surface area (Å²) in [7, 11) is 2.00. The fourth-order valence-corrected chi connectivity index (χ4v) is 2.92. The average Bonchev–Trinajstić information content (AvgIpc) is 2.43. The van der Waals surface area contributed by atoms with Crippen LogP contribution in [0.3, 0.4) is 0 Å². The molecule has 1 aromatic rings. The van der Waals surface area contributed by atoms with E-state index < -0.39 is 0 Å². The van der Waals surface area contributed by atoms with Crippen molar-refractivity contribution in [3.8, 4) is 0 Å². The third kappa shape index (κ3) is 4.66. The molecule has 1 aliphatic heterocycles. The molecule has 0 amide bonds. The first-order valence-corrected chi connectivity index (χ1v) is 7.21. The van der Waals surface area contributed by atoms with E-state index >= 15 is 0 Å². The molecule has 1 heterocycles. The molecular formula is C15H24ClN3O2. The number of hydrogen-bond acceptors (Lipinski definition) is 4. The number of nitrogens with zero attached hydrogens (tertiary/aromatic N) is 2. The molecule has 5 nitrogen and oxygen atoms in total. The molecule has 1 aliphatic rings. The van der Waals surface area contributed by atoms with E-state index in [0.29, 0.717) is 0 Å². The number of nitro benzene ring substituents is 1. The molecule has 1 aromatic carbocycles. The molecule has 6 heteroatoms. The van der Waals surface area contributed by atoms with Crippen molar-refractivity contribution < 1.29 is 4.92 Å². The first-order chi connectivity index (χ1) is 9.61. The Kier molecular flexibility index (Phi) is 7.08. The van der Waals surface area contributed by atoms with Crippen LogP contribution in [0.4, 0.5) is 5.69 Å². The Bertz CT molecular complexity index is 474. The SMILES string of the molecule is CNCC1CCN(Cc2cccc([N+](=O)[O-])c2C)CC1.Cl. The number of nitro groups is 1. The lowest BCUT2D eigenvalue weighted by Gasteiger charge is -2.32. The largest absolute Gasteiger partial charge is 0.319 e. The summed E-state index contributed by atoms with van der Waals surface area (Å²) in [5.41, 5.74) is 2.11. The van der Waals surface area contributed by atoms with E-state index in [1.165, 1.54) is 12.8 Å². The second kappa shape index (κ2) is 8.32. The molecule has 0 radical (unpaired) electrons. The van der Waals surface area contributed by atoms with Crippen LogP contribution in [0.1, 0.15) is 24.0 Å². The van der Waals surface area contributed by atoms with Crippen molar-refractivity contribution in [2.24, 2.45) is 5.92 Å². The Morgan fingerprint density at radius 1 is 1.38 bits per heavy atom. The van der Waals surface area contributed by atoms with E-state index in [1.54, 1.807) is 12.1 Å². The van der Waals surface area contributed by atoms with Gasteiger partial charge in [0.25, 0.3) is 5.69 Å². The zero-order chi connectivity index (χ0) is 14.5. The first-order valence-electron chi connectivity index (χ1n) is 7.21. The summed E-state index contributed by atoms with van der Waals surface area (Å²) in [6.07, 6.45) is 2.41. The minimum absolute atomic E-state index is 0. The molecule has 0 unspecified atom stereocenters. The van der Waals surface area contributed by atoms with Crippen molar-refractivity contribution >= 4 is 18.1 Å². The zero-order valence-corrected chi connectivity index (χ0v) is 13.5. The molecule has 2 rings (SSSR count). The maximum atomic E-state index is 11.0. The molecule has 0 aliphatic carbocycles. The lowest BCUT2D eigenvalue weighted by Crippen LogP contribution is -2.36. The van der Waals surface area contributed by atoms with Gasteiger partial charge in [-0.1, -0.05) is 12.1 Å². The van der Waals surface area contributed by atoms with E-state index in [2.05, 4.69) is 10.2 Å². The Morgan fingerprint density at radius 3 is 2.62 bits per heavy atom. The van der Waals surface area contributed by atoms with E-state index in [-0.39, 0.29) is 23.0 Å². The molecule has 1 fully saturated rings. The highest BCUT2D eigenvalue weighted by Crippen LogP contribution is 2.24. The van der Waals surface area contributed by atoms with Crippen molar-refractivity contribution in [3.05, 3.63) is 39.4 Å². The summed E-state index contributed by atoms with van der Waals surface area (Å²) in [4.78, 5) is 13.1. The summed E-state index contributed by atoms with van der Waals surface area (Å²) in [5.74, 6) is 0.766. The second-order valence-electron chi connectivity index (χ2n) is 5.60. The molecule has 1 N–H and O–H groups in total. The van der Waals surface area contributed by atoms with Crippen molar-refractivity contribution in [3.63, 3.8) is 0 Å². The molecule has 0 atom stereocenters. The van der Waals surface area contributed by atoms with Gasteiger partial charge >= 0.3 is 0 Å². The van der Waals surface area contributed by atoms with Gasteiger partial charge in [-0.15, -0.1) is 12.4 Å². The van der Waals surface area contributed by atoms with Gasteiger partial charge in [0.2, 0.25) is 0 Å².